The average molecular weight is 249 g/mol. The molecule has 0 amide bonds. The SMILES string of the molecule is O=C(O)c1ccc(C2CCCCC2)nc1C(=O)O. The molecule has 5 heteroatoms. The van der Waals surface area contributed by atoms with E-state index in [4.69, 9.17) is 10.2 Å². The summed E-state index contributed by atoms with van der Waals surface area (Å²) in [7, 11) is 0. The van der Waals surface area contributed by atoms with E-state index in [2.05, 4.69) is 4.98 Å². The van der Waals surface area contributed by atoms with Crippen molar-refractivity contribution in [2.45, 2.75) is 38.0 Å². The number of carboxylic acids is 2. The van der Waals surface area contributed by atoms with Crippen LogP contribution in [0.5, 0.6) is 0 Å². The van der Waals surface area contributed by atoms with Crippen molar-refractivity contribution in [3.8, 4) is 0 Å². The van der Waals surface area contributed by atoms with Gasteiger partial charge in [0, 0.05) is 11.6 Å². The van der Waals surface area contributed by atoms with E-state index in [1.807, 2.05) is 0 Å². The lowest BCUT2D eigenvalue weighted by atomic mass is 9.86. The molecule has 1 aromatic heterocycles. The Morgan fingerprint density at radius 1 is 1.06 bits per heavy atom. The minimum absolute atomic E-state index is 0.248. The number of carbonyl (C=O) groups is 2. The average Bonchev–Trinajstić information content (AvgIpc) is 2.39. The molecule has 0 spiro atoms. The van der Waals surface area contributed by atoms with Crippen LogP contribution in [0, 0.1) is 0 Å². The van der Waals surface area contributed by atoms with Crippen LogP contribution in [-0.2, 0) is 0 Å². The molecule has 0 unspecified atom stereocenters. The predicted molar refractivity (Wildman–Crippen MR) is 64.0 cm³/mol. The molecule has 2 rings (SSSR count). The minimum Gasteiger partial charge on any atom is -0.478 e. The molecule has 0 aromatic carbocycles. The zero-order valence-corrected chi connectivity index (χ0v) is 9.93. The van der Waals surface area contributed by atoms with Crippen molar-refractivity contribution in [3.05, 3.63) is 29.1 Å². The molecule has 1 aromatic rings. The Balaban J connectivity index is 2.36. The zero-order valence-electron chi connectivity index (χ0n) is 9.93. The Morgan fingerprint density at radius 3 is 2.28 bits per heavy atom. The normalized spacial score (nSPS) is 16.4. The van der Waals surface area contributed by atoms with Crippen LogP contribution in [0.2, 0.25) is 0 Å². The van der Waals surface area contributed by atoms with E-state index in [1.54, 1.807) is 6.07 Å². The van der Waals surface area contributed by atoms with Crippen molar-refractivity contribution in [2.24, 2.45) is 0 Å². The first kappa shape index (κ1) is 12.5. The van der Waals surface area contributed by atoms with Gasteiger partial charge in [-0.05, 0) is 25.0 Å². The van der Waals surface area contributed by atoms with E-state index in [0.717, 1.165) is 25.7 Å². The van der Waals surface area contributed by atoms with Gasteiger partial charge >= 0.3 is 11.9 Å². The Labute approximate surface area is 104 Å². The second-order valence-electron chi connectivity index (χ2n) is 4.58. The third-order valence-corrected chi connectivity index (χ3v) is 3.37. The van der Waals surface area contributed by atoms with Crippen LogP contribution in [0.15, 0.2) is 12.1 Å². The van der Waals surface area contributed by atoms with Gasteiger partial charge in [0.15, 0.2) is 5.69 Å². The third-order valence-electron chi connectivity index (χ3n) is 3.37. The van der Waals surface area contributed by atoms with Crippen LogP contribution in [0.4, 0.5) is 0 Å². The smallest absolute Gasteiger partial charge is 0.355 e. The molecule has 1 aliphatic carbocycles. The highest BCUT2D eigenvalue weighted by Gasteiger charge is 2.22. The summed E-state index contributed by atoms with van der Waals surface area (Å²) in [4.78, 5) is 26.0. The van der Waals surface area contributed by atoms with E-state index in [0.29, 0.717) is 5.69 Å². The maximum Gasteiger partial charge on any atom is 0.355 e. The topological polar surface area (TPSA) is 87.5 Å². The summed E-state index contributed by atoms with van der Waals surface area (Å²) in [6, 6.07) is 2.99. The molecule has 0 bridgehead atoms. The van der Waals surface area contributed by atoms with Gasteiger partial charge in [-0.2, -0.15) is 0 Å². The second kappa shape index (κ2) is 5.16. The summed E-state index contributed by atoms with van der Waals surface area (Å²) < 4.78 is 0. The summed E-state index contributed by atoms with van der Waals surface area (Å²) in [5, 5.41) is 17.9. The highest BCUT2D eigenvalue weighted by molar-refractivity contribution is 6.00. The van der Waals surface area contributed by atoms with Gasteiger partial charge in [0.2, 0.25) is 0 Å². The third kappa shape index (κ3) is 2.50. The van der Waals surface area contributed by atoms with Crippen molar-refractivity contribution < 1.29 is 19.8 Å². The fourth-order valence-electron chi connectivity index (χ4n) is 2.44. The molecular formula is C13H15NO4. The quantitative estimate of drug-likeness (QED) is 0.859. The van der Waals surface area contributed by atoms with Crippen molar-refractivity contribution in [1.29, 1.82) is 0 Å². The molecule has 1 fully saturated rings. The fraction of sp³-hybridized carbons (Fsp3) is 0.462. The van der Waals surface area contributed by atoms with Gasteiger partial charge in [0.05, 0.1) is 5.56 Å². The molecule has 0 saturated heterocycles. The van der Waals surface area contributed by atoms with E-state index in [-0.39, 0.29) is 17.2 Å². The molecule has 18 heavy (non-hydrogen) atoms. The first-order valence-corrected chi connectivity index (χ1v) is 6.07. The largest absolute Gasteiger partial charge is 0.478 e. The highest BCUT2D eigenvalue weighted by Crippen LogP contribution is 2.31. The van der Waals surface area contributed by atoms with Gasteiger partial charge in [-0.25, -0.2) is 14.6 Å². The van der Waals surface area contributed by atoms with E-state index in [1.165, 1.54) is 12.5 Å². The van der Waals surface area contributed by atoms with E-state index < -0.39 is 11.9 Å². The van der Waals surface area contributed by atoms with Crippen LogP contribution < -0.4 is 0 Å². The monoisotopic (exact) mass is 249 g/mol. The lowest BCUT2D eigenvalue weighted by Gasteiger charge is -2.21. The number of aromatic nitrogens is 1. The first-order valence-electron chi connectivity index (χ1n) is 6.07. The molecule has 2 N–H and O–H groups in total. The Morgan fingerprint density at radius 2 is 1.72 bits per heavy atom. The summed E-state index contributed by atoms with van der Waals surface area (Å²) in [6.45, 7) is 0. The molecular weight excluding hydrogens is 234 g/mol. The van der Waals surface area contributed by atoms with E-state index in [9.17, 15) is 9.59 Å². The van der Waals surface area contributed by atoms with Crippen LogP contribution in [0.3, 0.4) is 0 Å². The van der Waals surface area contributed by atoms with Crippen molar-refractivity contribution in [1.82, 2.24) is 4.98 Å². The summed E-state index contributed by atoms with van der Waals surface area (Å²) in [5.74, 6) is -2.28. The van der Waals surface area contributed by atoms with Gasteiger partial charge in [0.25, 0.3) is 0 Å². The lowest BCUT2D eigenvalue weighted by Crippen LogP contribution is -2.14. The number of aromatic carboxylic acids is 2. The fourth-order valence-corrected chi connectivity index (χ4v) is 2.44. The number of rotatable bonds is 3. The van der Waals surface area contributed by atoms with Gasteiger partial charge in [0.1, 0.15) is 0 Å². The first-order chi connectivity index (χ1) is 8.59. The highest BCUT2D eigenvalue weighted by atomic mass is 16.4. The molecule has 96 valence electrons. The van der Waals surface area contributed by atoms with Crippen LogP contribution >= 0.6 is 0 Å². The molecule has 5 nitrogen and oxygen atoms in total. The Bertz CT molecular complexity index is 478. The van der Waals surface area contributed by atoms with Gasteiger partial charge in [-0.15, -0.1) is 0 Å². The number of hydrogen-bond donors (Lipinski definition) is 2. The number of pyridine rings is 1. The molecule has 1 saturated carbocycles. The number of nitrogens with zero attached hydrogens (tertiary/aromatic N) is 1. The molecule has 0 atom stereocenters. The van der Waals surface area contributed by atoms with Crippen molar-refractivity contribution >= 4 is 11.9 Å². The summed E-state index contributed by atoms with van der Waals surface area (Å²) >= 11 is 0. The Kier molecular flexibility index (Phi) is 3.60. The van der Waals surface area contributed by atoms with Gasteiger partial charge in [-0.3, -0.25) is 0 Å². The van der Waals surface area contributed by atoms with Crippen molar-refractivity contribution in [2.75, 3.05) is 0 Å². The van der Waals surface area contributed by atoms with Crippen molar-refractivity contribution in [3.63, 3.8) is 0 Å². The summed E-state index contributed by atoms with van der Waals surface area (Å²) in [5.41, 5.74) is 0.102. The maximum absolute atomic E-state index is 11.0. The zero-order chi connectivity index (χ0) is 13.1. The van der Waals surface area contributed by atoms with Gasteiger partial charge < -0.3 is 10.2 Å². The minimum atomic E-state index is -1.29. The standard InChI is InChI=1S/C13H15NO4/c15-12(16)9-6-7-10(14-11(9)13(17)18)8-4-2-1-3-5-8/h6-8H,1-5H2,(H,15,16)(H,17,18). The molecule has 0 aliphatic heterocycles. The maximum atomic E-state index is 11.0. The van der Waals surface area contributed by atoms with Gasteiger partial charge in [-0.1, -0.05) is 19.3 Å². The van der Waals surface area contributed by atoms with Crippen LogP contribution in [0.1, 0.15) is 64.6 Å². The van der Waals surface area contributed by atoms with E-state index >= 15 is 0 Å². The van der Waals surface area contributed by atoms with Crippen LogP contribution in [0.25, 0.3) is 0 Å². The Hall–Kier alpha value is -1.91. The molecule has 0 radical (unpaired) electrons. The summed E-state index contributed by atoms with van der Waals surface area (Å²) in [6.07, 6.45) is 5.44. The lowest BCUT2D eigenvalue weighted by molar-refractivity contribution is 0.0646. The molecule has 1 aliphatic rings. The predicted octanol–water partition coefficient (Wildman–Crippen LogP) is 2.53. The number of hydrogen-bond acceptors (Lipinski definition) is 3. The van der Waals surface area contributed by atoms with Crippen LogP contribution in [-0.4, -0.2) is 27.1 Å². The number of carboxylic acid groups (broad SMARTS) is 2. The molecule has 1 heterocycles. The second-order valence-corrected chi connectivity index (χ2v) is 4.58.